The second kappa shape index (κ2) is 5.44. The zero-order chi connectivity index (χ0) is 14.0. The summed E-state index contributed by atoms with van der Waals surface area (Å²) in [6, 6.07) is 3.25. The molecule has 1 aliphatic rings. The number of hydrazine groups is 1. The Balaban J connectivity index is 2.41. The maximum Gasteiger partial charge on any atom is 0.262 e. The largest absolute Gasteiger partial charge is 0.321 e. The van der Waals surface area contributed by atoms with Crippen LogP contribution in [0.2, 0.25) is 0 Å². The molecule has 19 heavy (non-hydrogen) atoms. The lowest BCUT2D eigenvalue weighted by atomic mass is 9.97. The first-order valence-electron chi connectivity index (χ1n) is 6.40. The van der Waals surface area contributed by atoms with Crippen molar-refractivity contribution in [2.75, 3.05) is 12.0 Å². The van der Waals surface area contributed by atoms with Gasteiger partial charge in [-0.2, -0.15) is 4.31 Å². The van der Waals surface area contributed by atoms with E-state index in [0.29, 0.717) is 18.2 Å². The van der Waals surface area contributed by atoms with E-state index in [-0.39, 0.29) is 11.1 Å². The van der Waals surface area contributed by atoms with E-state index in [1.54, 1.807) is 12.1 Å². The zero-order valence-corrected chi connectivity index (χ0v) is 12.0. The number of anilines is 1. The van der Waals surface area contributed by atoms with Gasteiger partial charge in [0.2, 0.25) is 0 Å². The predicted molar refractivity (Wildman–Crippen MR) is 73.8 cm³/mol. The highest BCUT2D eigenvalue weighted by Gasteiger charge is 2.35. The van der Waals surface area contributed by atoms with Crippen molar-refractivity contribution in [3.63, 3.8) is 0 Å². The average molecular weight is 284 g/mol. The maximum atomic E-state index is 12.7. The molecule has 1 aromatic heterocycles. The SMILES string of the molecule is CC1CCC(C)N(S(=O)(=O)c2ncccc2NN)C1. The smallest absolute Gasteiger partial charge is 0.262 e. The lowest BCUT2D eigenvalue weighted by Crippen LogP contribution is -2.45. The van der Waals surface area contributed by atoms with E-state index >= 15 is 0 Å². The molecule has 0 aromatic carbocycles. The van der Waals surface area contributed by atoms with Crippen LogP contribution in [0.3, 0.4) is 0 Å². The number of nitrogens with two attached hydrogens (primary N) is 1. The third-order valence-electron chi connectivity index (χ3n) is 3.54. The van der Waals surface area contributed by atoms with Gasteiger partial charge in [0.15, 0.2) is 5.03 Å². The molecule has 2 atom stereocenters. The molecule has 0 radical (unpaired) electrons. The van der Waals surface area contributed by atoms with Crippen LogP contribution in [-0.2, 0) is 10.0 Å². The fourth-order valence-electron chi connectivity index (χ4n) is 2.40. The van der Waals surface area contributed by atoms with Crippen LogP contribution in [0.4, 0.5) is 5.69 Å². The van der Waals surface area contributed by atoms with E-state index in [0.717, 1.165) is 12.8 Å². The first-order valence-corrected chi connectivity index (χ1v) is 7.84. The van der Waals surface area contributed by atoms with Crippen molar-refractivity contribution in [2.45, 2.75) is 37.8 Å². The Morgan fingerprint density at radius 1 is 1.42 bits per heavy atom. The maximum absolute atomic E-state index is 12.7. The summed E-state index contributed by atoms with van der Waals surface area (Å²) in [7, 11) is -3.61. The molecule has 106 valence electrons. The first-order chi connectivity index (χ1) is 8.96. The van der Waals surface area contributed by atoms with Crippen molar-refractivity contribution >= 4 is 15.7 Å². The molecule has 7 heteroatoms. The Kier molecular flexibility index (Phi) is 4.07. The van der Waals surface area contributed by atoms with Gasteiger partial charge in [-0.05, 0) is 37.8 Å². The number of nitrogen functional groups attached to an aromatic ring is 1. The number of nitrogens with one attached hydrogen (secondary N) is 1. The van der Waals surface area contributed by atoms with E-state index in [9.17, 15) is 8.42 Å². The number of pyridine rings is 1. The van der Waals surface area contributed by atoms with Crippen molar-refractivity contribution in [1.82, 2.24) is 9.29 Å². The monoisotopic (exact) mass is 284 g/mol. The van der Waals surface area contributed by atoms with Gasteiger partial charge in [0.05, 0.1) is 5.69 Å². The van der Waals surface area contributed by atoms with Crippen LogP contribution in [0.5, 0.6) is 0 Å². The number of nitrogens with zero attached hydrogens (tertiary/aromatic N) is 2. The summed E-state index contributed by atoms with van der Waals surface area (Å²) in [6.45, 7) is 4.53. The Bertz CT molecular complexity index is 546. The summed E-state index contributed by atoms with van der Waals surface area (Å²) in [5.41, 5.74) is 2.73. The van der Waals surface area contributed by atoms with Crippen molar-refractivity contribution in [3.05, 3.63) is 18.3 Å². The number of aromatic nitrogens is 1. The van der Waals surface area contributed by atoms with Crippen LogP contribution in [-0.4, -0.2) is 30.3 Å². The normalized spacial score (nSPS) is 25.2. The molecule has 0 bridgehead atoms. The number of hydrogen-bond donors (Lipinski definition) is 2. The van der Waals surface area contributed by atoms with Gasteiger partial charge < -0.3 is 5.43 Å². The fourth-order valence-corrected chi connectivity index (χ4v) is 4.25. The quantitative estimate of drug-likeness (QED) is 0.642. The van der Waals surface area contributed by atoms with Gasteiger partial charge in [-0.1, -0.05) is 6.92 Å². The summed E-state index contributed by atoms with van der Waals surface area (Å²) in [6.07, 6.45) is 3.39. The molecule has 0 spiro atoms. The van der Waals surface area contributed by atoms with Crippen LogP contribution >= 0.6 is 0 Å². The predicted octanol–water partition coefficient (Wildman–Crippen LogP) is 1.18. The van der Waals surface area contributed by atoms with Gasteiger partial charge in [0.25, 0.3) is 10.0 Å². The molecule has 2 unspecified atom stereocenters. The van der Waals surface area contributed by atoms with Crippen LogP contribution in [0.1, 0.15) is 26.7 Å². The summed E-state index contributed by atoms with van der Waals surface area (Å²) in [5, 5.41) is -0.00144. The van der Waals surface area contributed by atoms with Gasteiger partial charge in [-0.15, -0.1) is 0 Å². The van der Waals surface area contributed by atoms with E-state index in [2.05, 4.69) is 17.3 Å². The third kappa shape index (κ3) is 2.72. The van der Waals surface area contributed by atoms with Gasteiger partial charge >= 0.3 is 0 Å². The minimum absolute atomic E-state index is 0.00144. The standard InChI is InChI=1S/C12H20N4O2S/c1-9-5-6-10(2)16(8-9)19(17,18)12-11(15-13)4-3-7-14-12/h3-4,7,9-10,15H,5-6,8,13H2,1-2H3. The highest BCUT2D eigenvalue weighted by atomic mass is 32.2. The first kappa shape index (κ1) is 14.2. The van der Waals surface area contributed by atoms with E-state index < -0.39 is 10.0 Å². The van der Waals surface area contributed by atoms with Crippen LogP contribution in [0.15, 0.2) is 23.4 Å². The lowest BCUT2D eigenvalue weighted by molar-refractivity contribution is 0.217. The van der Waals surface area contributed by atoms with Crippen LogP contribution < -0.4 is 11.3 Å². The Morgan fingerprint density at radius 3 is 2.84 bits per heavy atom. The second-order valence-corrected chi connectivity index (χ2v) is 6.91. The van der Waals surface area contributed by atoms with Crippen LogP contribution in [0.25, 0.3) is 0 Å². The molecule has 1 fully saturated rings. The highest BCUT2D eigenvalue weighted by Crippen LogP contribution is 2.29. The Morgan fingerprint density at radius 2 is 2.16 bits per heavy atom. The second-order valence-electron chi connectivity index (χ2n) is 5.11. The number of sulfonamides is 1. The van der Waals surface area contributed by atoms with E-state index in [1.165, 1.54) is 10.5 Å². The number of hydrogen-bond acceptors (Lipinski definition) is 5. The Hall–Kier alpha value is -1.18. The molecule has 1 aromatic rings. The molecule has 3 N–H and O–H groups in total. The van der Waals surface area contributed by atoms with Crippen molar-refractivity contribution in [1.29, 1.82) is 0 Å². The summed E-state index contributed by atoms with van der Waals surface area (Å²) < 4.78 is 26.9. The van der Waals surface area contributed by atoms with Crippen LogP contribution in [0, 0.1) is 5.92 Å². The molecule has 2 rings (SSSR count). The molecule has 1 aliphatic heterocycles. The van der Waals surface area contributed by atoms with E-state index in [4.69, 9.17) is 5.84 Å². The zero-order valence-electron chi connectivity index (χ0n) is 11.2. The average Bonchev–Trinajstić information content (AvgIpc) is 2.41. The molecular weight excluding hydrogens is 264 g/mol. The molecule has 0 saturated carbocycles. The summed E-state index contributed by atoms with van der Waals surface area (Å²) in [4.78, 5) is 3.98. The van der Waals surface area contributed by atoms with E-state index in [1.807, 2.05) is 6.92 Å². The summed E-state index contributed by atoms with van der Waals surface area (Å²) >= 11 is 0. The minimum Gasteiger partial charge on any atom is -0.321 e. The van der Waals surface area contributed by atoms with Crippen molar-refractivity contribution < 1.29 is 8.42 Å². The Labute approximate surface area is 114 Å². The van der Waals surface area contributed by atoms with Gasteiger partial charge in [0, 0.05) is 18.8 Å². The molecule has 1 saturated heterocycles. The lowest BCUT2D eigenvalue weighted by Gasteiger charge is -2.35. The van der Waals surface area contributed by atoms with Gasteiger partial charge in [0.1, 0.15) is 0 Å². The fraction of sp³-hybridized carbons (Fsp3) is 0.583. The molecular formula is C12H20N4O2S. The van der Waals surface area contributed by atoms with Crippen molar-refractivity contribution in [3.8, 4) is 0 Å². The van der Waals surface area contributed by atoms with Crippen molar-refractivity contribution in [2.24, 2.45) is 11.8 Å². The molecule has 0 amide bonds. The summed E-state index contributed by atoms with van der Waals surface area (Å²) in [5.74, 6) is 5.73. The topological polar surface area (TPSA) is 88.3 Å². The van der Waals surface area contributed by atoms with Gasteiger partial charge in [-0.3, -0.25) is 5.84 Å². The number of rotatable bonds is 3. The molecule has 6 nitrogen and oxygen atoms in total. The van der Waals surface area contributed by atoms with Gasteiger partial charge in [-0.25, -0.2) is 13.4 Å². The molecule has 0 aliphatic carbocycles. The third-order valence-corrected chi connectivity index (χ3v) is 5.48. The molecule has 2 heterocycles. The number of piperidine rings is 1. The highest BCUT2D eigenvalue weighted by molar-refractivity contribution is 7.89. The minimum atomic E-state index is -3.61.